The Morgan fingerprint density at radius 3 is 2.83 bits per heavy atom. The summed E-state index contributed by atoms with van der Waals surface area (Å²) in [5.74, 6) is -0.344. The lowest BCUT2D eigenvalue weighted by Crippen LogP contribution is -2.39. The summed E-state index contributed by atoms with van der Waals surface area (Å²) in [5.41, 5.74) is 0.677. The molecule has 0 bridgehead atoms. The summed E-state index contributed by atoms with van der Waals surface area (Å²) in [5, 5.41) is 0. The fourth-order valence-corrected chi connectivity index (χ4v) is 3.16. The van der Waals surface area contributed by atoms with Crippen LogP contribution in [0.2, 0.25) is 0 Å². The summed E-state index contributed by atoms with van der Waals surface area (Å²) in [6.45, 7) is 4.19. The maximum Gasteiger partial charge on any atom is 0.220 e. The molecule has 1 aromatic rings. The van der Waals surface area contributed by atoms with Gasteiger partial charge in [0.2, 0.25) is 4.38 Å². The van der Waals surface area contributed by atoms with Gasteiger partial charge in [-0.25, -0.2) is 4.39 Å². The van der Waals surface area contributed by atoms with Gasteiger partial charge in [0.05, 0.1) is 6.61 Å². The van der Waals surface area contributed by atoms with Crippen LogP contribution in [0.15, 0.2) is 18.2 Å². The lowest BCUT2D eigenvalue weighted by Gasteiger charge is -2.34. The molecule has 4 nitrogen and oxygen atoms in total. The molecule has 0 aromatic heterocycles. The van der Waals surface area contributed by atoms with Crippen LogP contribution in [0, 0.1) is 5.82 Å². The molecule has 0 amide bonds. The Labute approximate surface area is 144 Å². The van der Waals surface area contributed by atoms with Crippen LogP contribution in [0.4, 0.5) is 4.39 Å². The van der Waals surface area contributed by atoms with Gasteiger partial charge in [0, 0.05) is 12.0 Å². The number of hydrogen-bond acceptors (Lipinski definition) is 6. The Morgan fingerprint density at radius 1 is 1.39 bits per heavy atom. The highest BCUT2D eigenvalue weighted by Gasteiger charge is 2.42. The third-order valence-electron chi connectivity index (χ3n) is 3.89. The normalized spacial score (nSPS) is 28.8. The van der Waals surface area contributed by atoms with E-state index in [4.69, 9.17) is 31.2 Å². The van der Waals surface area contributed by atoms with Gasteiger partial charge in [-0.2, -0.15) is 0 Å². The van der Waals surface area contributed by atoms with E-state index in [1.165, 1.54) is 23.9 Å². The Morgan fingerprint density at radius 2 is 2.17 bits per heavy atom. The lowest BCUT2D eigenvalue weighted by atomic mass is 9.96. The summed E-state index contributed by atoms with van der Waals surface area (Å²) in [6.07, 6.45) is 1.59. The van der Waals surface area contributed by atoms with Gasteiger partial charge in [-0.1, -0.05) is 11.8 Å². The first-order valence-corrected chi connectivity index (χ1v) is 9.04. The average molecular weight is 358 g/mol. The van der Waals surface area contributed by atoms with Gasteiger partial charge in [0.1, 0.15) is 29.9 Å². The van der Waals surface area contributed by atoms with Gasteiger partial charge in [-0.3, -0.25) is 0 Å². The molecule has 1 saturated heterocycles. The van der Waals surface area contributed by atoms with E-state index in [1.54, 1.807) is 6.07 Å². The SMILES string of the molecule is CSC(=S)O[C@H]1C[C@@H]([C@@H]2COC(C)(C)O2)Oc2ccc(F)cc21. The lowest BCUT2D eigenvalue weighted by molar-refractivity contribution is -0.152. The molecule has 0 unspecified atom stereocenters. The molecule has 23 heavy (non-hydrogen) atoms. The van der Waals surface area contributed by atoms with Crippen LogP contribution in [0.1, 0.15) is 31.9 Å². The number of ether oxygens (including phenoxy) is 4. The van der Waals surface area contributed by atoms with E-state index in [-0.39, 0.29) is 24.1 Å². The zero-order chi connectivity index (χ0) is 16.6. The van der Waals surface area contributed by atoms with E-state index >= 15 is 0 Å². The van der Waals surface area contributed by atoms with Crippen molar-refractivity contribution in [1.82, 2.24) is 0 Å². The van der Waals surface area contributed by atoms with E-state index in [0.29, 0.717) is 28.7 Å². The zero-order valence-electron chi connectivity index (χ0n) is 13.2. The van der Waals surface area contributed by atoms with Crippen LogP contribution in [0.5, 0.6) is 5.75 Å². The second kappa shape index (κ2) is 6.55. The third kappa shape index (κ3) is 3.79. The first kappa shape index (κ1) is 17.0. The highest BCUT2D eigenvalue weighted by molar-refractivity contribution is 8.22. The molecule has 0 spiro atoms. The third-order valence-corrected chi connectivity index (χ3v) is 4.92. The maximum absolute atomic E-state index is 13.6. The van der Waals surface area contributed by atoms with Crippen molar-refractivity contribution in [1.29, 1.82) is 0 Å². The van der Waals surface area contributed by atoms with Gasteiger partial charge < -0.3 is 18.9 Å². The van der Waals surface area contributed by atoms with Crippen molar-refractivity contribution in [2.45, 2.75) is 44.4 Å². The molecule has 7 heteroatoms. The number of thioether (sulfide) groups is 1. The highest BCUT2D eigenvalue weighted by Crippen LogP contribution is 2.41. The second-order valence-corrected chi connectivity index (χ2v) is 7.41. The molecular formula is C16H19FO4S2. The van der Waals surface area contributed by atoms with Crippen molar-refractivity contribution in [2.24, 2.45) is 0 Å². The molecular weight excluding hydrogens is 339 g/mol. The monoisotopic (exact) mass is 358 g/mol. The molecule has 2 heterocycles. The van der Waals surface area contributed by atoms with Crippen molar-refractivity contribution < 1.29 is 23.3 Å². The molecule has 0 aliphatic carbocycles. The van der Waals surface area contributed by atoms with Crippen LogP contribution in [0.25, 0.3) is 0 Å². The van der Waals surface area contributed by atoms with E-state index in [9.17, 15) is 4.39 Å². The van der Waals surface area contributed by atoms with Crippen LogP contribution in [-0.2, 0) is 14.2 Å². The first-order valence-electron chi connectivity index (χ1n) is 7.40. The van der Waals surface area contributed by atoms with E-state index in [2.05, 4.69) is 0 Å². The summed E-state index contributed by atoms with van der Waals surface area (Å²) in [6, 6.07) is 4.44. The van der Waals surface area contributed by atoms with E-state index < -0.39 is 5.79 Å². The van der Waals surface area contributed by atoms with Crippen LogP contribution >= 0.6 is 24.0 Å². The summed E-state index contributed by atoms with van der Waals surface area (Å²) < 4.78 is 37.4. The number of benzene rings is 1. The van der Waals surface area contributed by atoms with Gasteiger partial charge in [0.25, 0.3) is 0 Å². The quantitative estimate of drug-likeness (QED) is 0.748. The molecule has 0 N–H and O–H groups in total. The van der Waals surface area contributed by atoms with Crippen molar-refractivity contribution in [3.05, 3.63) is 29.6 Å². The van der Waals surface area contributed by atoms with Gasteiger partial charge >= 0.3 is 0 Å². The molecule has 1 aromatic carbocycles. The number of rotatable bonds is 2. The molecule has 1 fully saturated rings. The van der Waals surface area contributed by atoms with Crippen molar-refractivity contribution >= 4 is 28.4 Å². The predicted molar refractivity (Wildman–Crippen MR) is 90.3 cm³/mol. The molecule has 0 radical (unpaired) electrons. The van der Waals surface area contributed by atoms with Gasteiger partial charge in [-0.15, -0.1) is 0 Å². The highest BCUT2D eigenvalue weighted by atomic mass is 32.2. The van der Waals surface area contributed by atoms with E-state index in [1.807, 2.05) is 20.1 Å². The molecule has 2 aliphatic rings. The molecule has 126 valence electrons. The Balaban J connectivity index is 1.84. The van der Waals surface area contributed by atoms with Gasteiger partial charge in [0.15, 0.2) is 5.79 Å². The van der Waals surface area contributed by atoms with Crippen molar-refractivity contribution in [3.63, 3.8) is 0 Å². The summed E-state index contributed by atoms with van der Waals surface area (Å²) >= 11 is 6.51. The zero-order valence-corrected chi connectivity index (χ0v) is 14.8. The molecule has 3 atom stereocenters. The minimum Gasteiger partial charge on any atom is -0.487 e. The van der Waals surface area contributed by atoms with Crippen LogP contribution < -0.4 is 4.74 Å². The minimum atomic E-state index is -0.623. The number of thiocarbonyl (C=S) groups is 1. The Kier molecular flexibility index (Phi) is 4.83. The maximum atomic E-state index is 13.6. The van der Waals surface area contributed by atoms with Crippen LogP contribution in [0.3, 0.4) is 0 Å². The molecule has 2 aliphatic heterocycles. The fraction of sp³-hybridized carbons (Fsp3) is 0.562. The van der Waals surface area contributed by atoms with Crippen molar-refractivity contribution in [3.8, 4) is 5.75 Å². The molecule has 3 rings (SSSR count). The average Bonchev–Trinajstić information content (AvgIpc) is 2.87. The fourth-order valence-electron chi connectivity index (χ4n) is 2.83. The first-order chi connectivity index (χ1) is 10.9. The van der Waals surface area contributed by atoms with E-state index in [0.717, 1.165) is 0 Å². The van der Waals surface area contributed by atoms with Gasteiger partial charge in [-0.05, 0) is 50.5 Å². The number of hydrogen-bond donors (Lipinski definition) is 0. The smallest absolute Gasteiger partial charge is 0.220 e. The number of halogens is 1. The van der Waals surface area contributed by atoms with Crippen LogP contribution in [-0.4, -0.2) is 35.2 Å². The molecule has 0 saturated carbocycles. The number of fused-ring (bicyclic) bond motifs is 1. The largest absolute Gasteiger partial charge is 0.487 e. The Bertz CT molecular complexity index is 608. The minimum absolute atomic E-state index is 0.197. The predicted octanol–water partition coefficient (Wildman–Crippen LogP) is 3.83. The van der Waals surface area contributed by atoms with Crippen molar-refractivity contribution in [2.75, 3.05) is 12.9 Å². The standard InChI is InChI=1S/C16H19FO4S2/c1-16(2)18-8-14(21-16)13-7-12(20-15(22)23-3)10-6-9(17)4-5-11(10)19-13/h4-6,12-14H,7-8H2,1-3H3/t12-,13-,14-/m0/s1. The topological polar surface area (TPSA) is 36.9 Å². The summed E-state index contributed by atoms with van der Waals surface area (Å²) in [4.78, 5) is 0. The second-order valence-electron chi connectivity index (χ2n) is 6.00. The Hall–Kier alpha value is -0.890. The summed E-state index contributed by atoms with van der Waals surface area (Å²) in [7, 11) is 0.